The molecule has 1 atom stereocenters. The summed E-state index contributed by atoms with van der Waals surface area (Å²) in [5.74, 6) is 0.413. The van der Waals surface area contributed by atoms with Crippen LogP contribution in [0.3, 0.4) is 0 Å². The van der Waals surface area contributed by atoms with E-state index < -0.39 is 6.03 Å². The Labute approximate surface area is 146 Å². The first kappa shape index (κ1) is 17.3. The van der Waals surface area contributed by atoms with Crippen molar-refractivity contribution in [2.45, 2.75) is 25.7 Å². The van der Waals surface area contributed by atoms with Crippen molar-refractivity contribution >= 4 is 23.5 Å². The van der Waals surface area contributed by atoms with Gasteiger partial charge in [0.25, 0.3) is 5.91 Å². The molecule has 25 heavy (non-hydrogen) atoms. The van der Waals surface area contributed by atoms with Crippen LogP contribution in [0.4, 0.5) is 10.5 Å². The maximum absolute atomic E-state index is 12.7. The van der Waals surface area contributed by atoms with E-state index in [0.29, 0.717) is 30.3 Å². The molecule has 1 saturated heterocycles. The van der Waals surface area contributed by atoms with Crippen LogP contribution in [0, 0.1) is 11.8 Å². The van der Waals surface area contributed by atoms with Crippen molar-refractivity contribution in [2.75, 3.05) is 25.0 Å². The summed E-state index contributed by atoms with van der Waals surface area (Å²) < 4.78 is 0. The average Bonchev–Trinajstić information content (AvgIpc) is 3.43. The summed E-state index contributed by atoms with van der Waals surface area (Å²) in [4.78, 5) is 37.7. The summed E-state index contributed by atoms with van der Waals surface area (Å²) in [6, 6.07) is 6.00. The van der Waals surface area contributed by atoms with E-state index in [1.165, 1.54) is 12.8 Å². The second-order valence-corrected chi connectivity index (χ2v) is 6.85. The van der Waals surface area contributed by atoms with Crippen LogP contribution < -0.4 is 16.4 Å². The summed E-state index contributed by atoms with van der Waals surface area (Å²) in [6.45, 7) is 1.83. The number of carbonyl (C=O) groups excluding carboxylic acids is 3. The molecule has 1 heterocycles. The standard InChI is InChI=1S/C18H24N4O3/c19-18(25)21-15-5-1-3-13(9-15)17(24)22-8-2-4-14(11-22)16(23)20-10-12-6-7-12/h1,3,5,9,12,14H,2,4,6-8,10-11H2,(H,20,23)(H3,19,21,25). The van der Waals surface area contributed by atoms with Crippen LogP contribution in [-0.4, -0.2) is 42.4 Å². The molecule has 2 aliphatic rings. The van der Waals surface area contributed by atoms with Crippen LogP contribution in [-0.2, 0) is 4.79 Å². The molecule has 1 aliphatic heterocycles. The highest BCUT2D eigenvalue weighted by molar-refractivity contribution is 5.97. The number of nitrogens with zero attached hydrogens (tertiary/aromatic N) is 1. The van der Waals surface area contributed by atoms with Gasteiger partial charge in [-0.3, -0.25) is 9.59 Å². The lowest BCUT2D eigenvalue weighted by molar-refractivity contribution is -0.126. The van der Waals surface area contributed by atoms with E-state index in [0.717, 1.165) is 19.4 Å². The topological polar surface area (TPSA) is 105 Å². The maximum Gasteiger partial charge on any atom is 0.316 e. The molecule has 3 rings (SSSR count). The number of likely N-dealkylation sites (tertiary alicyclic amines) is 1. The van der Waals surface area contributed by atoms with E-state index in [4.69, 9.17) is 5.73 Å². The number of nitrogens with two attached hydrogens (primary N) is 1. The fourth-order valence-corrected chi connectivity index (χ4v) is 3.14. The number of hydrogen-bond acceptors (Lipinski definition) is 3. The molecule has 0 radical (unpaired) electrons. The average molecular weight is 344 g/mol. The van der Waals surface area contributed by atoms with Gasteiger partial charge >= 0.3 is 6.03 Å². The molecule has 0 bridgehead atoms. The third-order valence-electron chi connectivity index (χ3n) is 4.72. The van der Waals surface area contributed by atoms with Gasteiger partial charge in [0, 0.05) is 30.9 Å². The zero-order valence-corrected chi connectivity index (χ0v) is 14.2. The third kappa shape index (κ3) is 4.71. The molecule has 1 unspecified atom stereocenters. The number of rotatable bonds is 5. The van der Waals surface area contributed by atoms with Crippen LogP contribution in [0.1, 0.15) is 36.0 Å². The number of carbonyl (C=O) groups is 3. The Kier molecular flexibility index (Phi) is 5.21. The molecule has 0 aromatic heterocycles. The van der Waals surface area contributed by atoms with Crippen LogP contribution in [0.25, 0.3) is 0 Å². The number of anilines is 1. The molecule has 4 N–H and O–H groups in total. The van der Waals surface area contributed by atoms with Gasteiger partial charge in [-0.2, -0.15) is 0 Å². The minimum atomic E-state index is -0.671. The summed E-state index contributed by atoms with van der Waals surface area (Å²) >= 11 is 0. The SMILES string of the molecule is NC(=O)Nc1cccc(C(=O)N2CCCC(C(=O)NCC3CC3)C2)c1. The number of primary amides is 1. The smallest absolute Gasteiger partial charge is 0.316 e. The lowest BCUT2D eigenvalue weighted by Crippen LogP contribution is -2.45. The van der Waals surface area contributed by atoms with Crippen molar-refractivity contribution in [1.82, 2.24) is 10.2 Å². The fourth-order valence-electron chi connectivity index (χ4n) is 3.14. The Morgan fingerprint density at radius 2 is 2.00 bits per heavy atom. The van der Waals surface area contributed by atoms with E-state index in [2.05, 4.69) is 10.6 Å². The second-order valence-electron chi connectivity index (χ2n) is 6.85. The molecule has 7 heteroatoms. The van der Waals surface area contributed by atoms with Gasteiger partial charge < -0.3 is 21.3 Å². The summed E-state index contributed by atoms with van der Waals surface area (Å²) in [6.07, 6.45) is 4.02. The Bertz CT molecular complexity index is 672. The number of hydrogen-bond donors (Lipinski definition) is 3. The summed E-state index contributed by atoms with van der Waals surface area (Å²) in [5, 5.41) is 5.47. The van der Waals surface area contributed by atoms with Gasteiger partial charge in [0.15, 0.2) is 0 Å². The largest absolute Gasteiger partial charge is 0.356 e. The van der Waals surface area contributed by atoms with Gasteiger partial charge in [0.2, 0.25) is 5.91 Å². The number of piperidine rings is 1. The molecular formula is C18H24N4O3. The van der Waals surface area contributed by atoms with E-state index in [9.17, 15) is 14.4 Å². The first-order chi connectivity index (χ1) is 12.0. The fraction of sp³-hybridized carbons (Fsp3) is 0.500. The lowest BCUT2D eigenvalue weighted by Gasteiger charge is -2.32. The minimum Gasteiger partial charge on any atom is -0.356 e. The number of nitrogens with one attached hydrogen (secondary N) is 2. The van der Waals surface area contributed by atoms with Crippen molar-refractivity contribution in [3.63, 3.8) is 0 Å². The number of benzene rings is 1. The van der Waals surface area contributed by atoms with Gasteiger partial charge in [0.1, 0.15) is 0 Å². The first-order valence-electron chi connectivity index (χ1n) is 8.76. The Morgan fingerprint density at radius 1 is 1.20 bits per heavy atom. The molecular weight excluding hydrogens is 320 g/mol. The maximum atomic E-state index is 12.7. The Hall–Kier alpha value is -2.57. The van der Waals surface area contributed by atoms with E-state index >= 15 is 0 Å². The predicted octanol–water partition coefficient (Wildman–Crippen LogP) is 1.56. The van der Waals surface area contributed by atoms with E-state index in [-0.39, 0.29) is 17.7 Å². The van der Waals surface area contributed by atoms with Crippen LogP contribution >= 0.6 is 0 Å². The van der Waals surface area contributed by atoms with Gasteiger partial charge in [0.05, 0.1) is 5.92 Å². The van der Waals surface area contributed by atoms with Crippen LogP contribution in [0.5, 0.6) is 0 Å². The molecule has 134 valence electrons. The zero-order chi connectivity index (χ0) is 17.8. The van der Waals surface area contributed by atoms with Crippen molar-refractivity contribution in [2.24, 2.45) is 17.6 Å². The molecule has 0 spiro atoms. The molecule has 1 aromatic carbocycles. The zero-order valence-electron chi connectivity index (χ0n) is 14.2. The first-order valence-corrected chi connectivity index (χ1v) is 8.76. The lowest BCUT2D eigenvalue weighted by atomic mass is 9.96. The van der Waals surface area contributed by atoms with Crippen LogP contribution in [0.2, 0.25) is 0 Å². The molecule has 1 saturated carbocycles. The van der Waals surface area contributed by atoms with Crippen molar-refractivity contribution < 1.29 is 14.4 Å². The van der Waals surface area contributed by atoms with Gasteiger partial charge in [-0.25, -0.2) is 4.79 Å². The summed E-state index contributed by atoms with van der Waals surface area (Å²) in [5.41, 5.74) is 6.07. The quantitative estimate of drug-likeness (QED) is 0.755. The van der Waals surface area contributed by atoms with Crippen molar-refractivity contribution in [1.29, 1.82) is 0 Å². The van der Waals surface area contributed by atoms with Gasteiger partial charge in [-0.05, 0) is 49.8 Å². The van der Waals surface area contributed by atoms with Gasteiger partial charge in [-0.1, -0.05) is 6.07 Å². The number of amides is 4. The molecule has 2 fully saturated rings. The van der Waals surface area contributed by atoms with E-state index in [1.807, 2.05) is 0 Å². The van der Waals surface area contributed by atoms with Gasteiger partial charge in [-0.15, -0.1) is 0 Å². The predicted molar refractivity (Wildman–Crippen MR) is 94.0 cm³/mol. The third-order valence-corrected chi connectivity index (χ3v) is 4.72. The highest BCUT2D eigenvalue weighted by Crippen LogP contribution is 2.28. The van der Waals surface area contributed by atoms with Crippen molar-refractivity contribution in [3.05, 3.63) is 29.8 Å². The molecule has 1 aromatic rings. The van der Waals surface area contributed by atoms with Crippen LogP contribution in [0.15, 0.2) is 24.3 Å². The Morgan fingerprint density at radius 3 is 2.72 bits per heavy atom. The normalized spacial score (nSPS) is 20.0. The number of urea groups is 1. The highest BCUT2D eigenvalue weighted by Gasteiger charge is 2.30. The van der Waals surface area contributed by atoms with Crippen molar-refractivity contribution in [3.8, 4) is 0 Å². The van der Waals surface area contributed by atoms with E-state index in [1.54, 1.807) is 29.2 Å². The molecule has 7 nitrogen and oxygen atoms in total. The monoisotopic (exact) mass is 344 g/mol. The second kappa shape index (κ2) is 7.55. The minimum absolute atomic E-state index is 0.0496. The molecule has 1 aliphatic carbocycles. The Balaban J connectivity index is 1.61. The molecule has 4 amide bonds. The summed E-state index contributed by atoms with van der Waals surface area (Å²) in [7, 11) is 0. The highest BCUT2D eigenvalue weighted by atomic mass is 16.2.